The Balaban J connectivity index is 1.37. The number of ether oxygens (including phenoxy) is 2. The summed E-state index contributed by atoms with van der Waals surface area (Å²) in [6.45, 7) is 1.24. The molecule has 1 heterocycles. The van der Waals surface area contributed by atoms with E-state index in [0.717, 1.165) is 37.9 Å². The van der Waals surface area contributed by atoms with E-state index < -0.39 is 11.9 Å². The molecule has 0 aromatic carbocycles. The standard InChI is InChI=1S/C20H28N2O5/c1-22(20-21-17-4-2-3-5-18(17)27-20)10-11-26-16-8-6-14(7-9-16)12-15(13-23)19(24)25/h2-3,8,13-15,17-18H,4-7,9-12H2,1H3,(H,24,25). The second-order valence-corrected chi connectivity index (χ2v) is 7.48. The molecule has 4 unspecified atom stereocenters. The summed E-state index contributed by atoms with van der Waals surface area (Å²) in [5.41, 5.74) is 0. The fourth-order valence-electron chi connectivity index (χ4n) is 3.73. The SMILES string of the molecule is CN(CCOC1=CCC(CC(C=O)C(=O)O)CC1)C1=NC2CC=CCC2O1. The second-order valence-electron chi connectivity index (χ2n) is 7.48. The third-order valence-corrected chi connectivity index (χ3v) is 5.46. The largest absolute Gasteiger partial charge is 0.496 e. The number of nitrogens with zero attached hydrogens (tertiary/aromatic N) is 2. The molecule has 0 saturated heterocycles. The summed E-state index contributed by atoms with van der Waals surface area (Å²) < 4.78 is 11.8. The minimum atomic E-state index is -1.04. The van der Waals surface area contributed by atoms with Gasteiger partial charge in [0.2, 0.25) is 0 Å². The molecular formula is C20H28N2O5. The van der Waals surface area contributed by atoms with Crippen molar-refractivity contribution >= 4 is 18.3 Å². The van der Waals surface area contributed by atoms with E-state index in [4.69, 9.17) is 14.6 Å². The van der Waals surface area contributed by atoms with E-state index in [1.807, 2.05) is 18.0 Å². The van der Waals surface area contributed by atoms with Crippen molar-refractivity contribution in [3.63, 3.8) is 0 Å². The van der Waals surface area contributed by atoms with Gasteiger partial charge in [-0.15, -0.1) is 0 Å². The second kappa shape index (κ2) is 9.06. The number of carboxylic acids is 1. The van der Waals surface area contributed by atoms with Gasteiger partial charge in [-0.1, -0.05) is 12.2 Å². The lowest BCUT2D eigenvalue weighted by Crippen LogP contribution is -2.32. The predicted octanol–water partition coefficient (Wildman–Crippen LogP) is 2.38. The van der Waals surface area contributed by atoms with Crippen molar-refractivity contribution in [1.29, 1.82) is 0 Å². The third-order valence-electron chi connectivity index (χ3n) is 5.46. The smallest absolute Gasteiger partial charge is 0.313 e. The summed E-state index contributed by atoms with van der Waals surface area (Å²) in [6.07, 6.45) is 11.7. The van der Waals surface area contributed by atoms with Gasteiger partial charge in [0.15, 0.2) is 0 Å². The number of hydrogen-bond acceptors (Lipinski definition) is 6. The highest BCUT2D eigenvalue weighted by Gasteiger charge is 2.32. The zero-order valence-corrected chi connectivity index (χ0v) is 15.8. The molecule has 3 aliphatic rings. The molecule has 0 spiro atoms. The van der Waals surface area contributed by atoms with Crippen molar-refractivity contribution in [3.05, 3.63) is 24.0 Å². The molecule has 3 rings (SSSR count). The molecule has 7 nitrogen and oxygen atoms in total. The number of carboxylic acid groups (broad SMARTS) is 1. The van der Waals surface area contributed by atoms with E-state index in [9.17, 15) is 9.59 Å². The summed E-state index contributed by atoms with van der Waals surface area (Å²) in [5, 5.41) is 8.98. The molecule has 0 saturated carbocycles. The van der Waals surface area contributed by atoms with Gasteiger partial charge in [0.05, 0.1) is 18.3 Å². The molecule has 2 aliphatic carbocycles. The van der Waals surface area contributed by atoms with Crippen molar-refractivity contribution in [2.75, 3.05) is 20.2 Å². The zero-order valence-electron chi connectivity index (χ0n) is 15.8. The van der Waals surface area contributed by atoms with Gasteiger partial charge in [0.1, 0.15) is 24.9 Å². The zero-order chi connectivity index (χ0) is 19.2. The average Bonchev–Trinajstić information content (AvgIpc) is 3.11. The van der Waals surface area contributed by atoms with Gasteiger partial charge in [-0.05, 0) is 37.7 Å². The van der Waals surface area contributed by atoms with Crippen LogP contribution < -0.4 is 0 Å². The van der Waals surface area contributed by atoms with Crippen LogP contribution in [0.15, 0.2) is 29.0 Å². The number of aliphatic imine (C=N–C) groups is 1. The van der Waals surface area contributed by atoms with Crippen LogP contribution in [-0.4, -0.2) is 60.6 Å². The van der Waals surface area contributed by atoms with Gasteiger partial charge in [0.25, 0.3) is 6.02 Å². The monoisotopic (exact) mass is 376 g/mol. The minimum absolute atomic E-state index is 0.173. The van der Waals surface area contributed by atoms with Crippen LogP contribution in [0.1, 0.15) is 38.5 Å². The van der Waals surface area contributed by atoms with Crippen molar-refractivity contribution < 1.29 is 24.2 Å². The highest BCUT2D eigenvalue weighted by atomic mass is 16.5. The van der Waals surface area contributed by atoms with E-state index in [0.29, 0.717) is 31.9 Å². The fraction of sp³-hybridized carbons (Fsp3) is 0.650. The van der Waals surface area contributed by atoms with Gasteiger partial charge in [-0.3, -0.25) is 4.79 Å². The summed E-state index contributed by atoms with van der Waals surface area (Å²) in [5.74, 6) is -0.758. The number of allylic oxidation sites excluding steroid dienone is 2. The molecule has 4 atom stereocenters. The maximum Gasteiger partial charge on any atom is 0.313 e. The highest BCUT2D eigenvalue weighted by molar-refractivity contribution is 5.86. The molecule has 0 bridgehead atoms. The third kappa shape index (κ3) is 5.11. The molecule has 0 fully saturated rings. The minimum Gasteiger partial charge on any atom is -0.496 e. The first kappa shape index (κ1) is 19.5. The van der Waals surface area contributed by atoms with E-state index in [1.54, 1.807) is 0 Å². The Kier molecular flexibility index (Phi) is 6.53. The Morgan fingerprint density at radius 3 is 2.93 bits per heavy atom. The van der Waals surface area contributed by atoms with Crippen LogP contribution in [0, 0.1) is 11.8 Å². The quantitative estimate of drug-likeness (QED) is 0.397. The normalized spacial score (nSPS) is 27.7. The van der Waals surface area contributed by atoms with Gasteiger partial charge in [0, 0.05) is 19.9 Å². The van der Waals surface area contributed by atoms with Crippen LogP contribution >= 0.6 is 0 Å². The molecule has 0 radical (unpaired) electrons. The number of fused-ring (bicyclic) bond motifs is 1. The number of aliphatic carboxylic acids is 1. The number of rotatable bonds is 8. The predicted molar refractivity (Wildman–Crippen MR) is 100 cm³/mol. The van der Waals surface area contributed by atoms with Crippen LogP contribution in [0.3, 0.4) is 0 Å². The van der Waals surface area contributed by atoms with Crippen LogP contribution in [0.2, 0.25) is 0 Å². The van der Waals surface area contributed by atoms with Crippen molar-refractivity contribution in [3.8, 4) is 0 Å². The Labute approximate surface area is 159 Å². The Morgan fingerprint density at radius 1 is 1.44 bits per heavy atom. The number of amidine groups is 1. The molecule has 1 aliphatic heterocycles. The first-order valence-corrected chi connectivity index (χ1v) is 9.67. The van der Waals surface area contributed by atoms with Gasteiger partial charge in [-0.2, -0.15) is 0 Å². The Bertz CT molecular complexity index is 642. The number of hydrogen-bond donors (Lipinski definition) is 1. The van der Waals surface area contributed by atoms with E-state index >= 15 is 0 Å². The Hall–Kier alpha value is -2.31. The highest BCUT2D eigenvalue weighted by Crippen LogP contribution is 2.29. The number of aldehydes is 1. The number of carbonyl (C=O) groups is 2. The average molecular weight is 376 g/mol. The molecule has 27 heavy (non-hydrogen) atoms. The summed E-state index contributed by atoms with van der Waals surface area (Å²) in [7, 11) is 1.96. The number of carbonyl (C=O) groups excluding carboxylic acids is 1. The maximum absolute atomic E-state index is 11.0. The summed E-state index contributed by atoms with van der Waals surface area (Å²) in [4.78, 5) is 28.4. The van der Waals surface area contributed by atoms with E-state index in [2.05, 4.69) is 17.1 Å². The maximum atomic E-state index is 11.0. The Morgan fingerprint density at radius 2 is 2.26 bits per heavy atom. The molecule has 148 valence electrons. The summed E-state index contributed by atoms with van der Waals surface area (Å²) in [6, 6.07) is 0.941. The molecule has 0 aromatic heterocycles. The molecule has 0 amide bonds. The lowest BCUT2D eigenvalue weighted by molar-refractivity contribution is -0.144. The van der Waals surface area contributed by atoms with Gasteiger partial charge < -0.3 is 24.3 Å². The first-order chi connectivity index (χ1) is 13.1. The lowest BCUT2D eigenvalue weighted by Gasteiger charge is -2.24. The van der Waals surface area contributed by atoms with Gasteiger partial charge >= 0.3 is 5.97 Å². The van der Waals surface area contributed by atoms with Crippen molar-refractivity contribution in [1.82, 2.24) is 4.90 Å². The summed E-state index contributed by atoms with van der Waals surface area (Å²) >= 11 is 0. The van der Waals surface area contributed by atoms with Crippen LogP contribution in [0.25, 0.3) is 0 Å². The molecule has 0 aromatic rings. The van der Waals surface area contributed by atoms with Crippen molar-refractivity contribution in [2.24, 2.45) is 16.8 Å². The molecule has 7 heteroatoms. The van der Waals surface area contributed by atoms with E-state index in [1.165, 1.54) is 0 Å². The van der Waals surface area contributed by atoms with E-state index in [-0.39, 0.29) is 18.1 Å². The van der Waals surface area contributed by atoms with Crippen LogP contribution in [-0.2, 0) is 19.1 Å². The van der Waals surface area contributed by atoms with Crippen LogP contribution in [0.4, 0.5) is 0 Å². The molecule has 1 N–H and O–H groups in total. The van der Waals surface area contributed by atoms with Gasteiger partial charge in [-0.25, -0.2) is 4.99 Å². The lowest BCUT2D eigenvalue weighted by atomic mass is 9.86. The molecular weight excluding hydrogens is 348 g/mol. The number of likely N-dealkylation sites (N-methyl/N-ethyl adjacent to an activating group) is 1. The first-order valence-electron chi connectivity index (χ1n) is 9.67. The van der Waals surface area contributed by atoms with Crippen molar-refractivity contribution in [2.45, 2.75) is 50.7 Å². The topological polar surface area (TPSA) is 88.4 Å². The fourth-order valence-corrected chi connectivity index (χ4v) is 3.73. The van der Waals surface area contributed by atoms with Crippen LogP contribution in [0.5, 0.6) is 0 Å².